The molecule has 1 aliphatic heterocycles. The Morgan fingerprint density at radius 3 is 2.62 bits per heavy atom. The van der Waals surface area contributed by atoms with Gasteiger partial charge in [0, 0.05) is 46.2 Å². The molecule has 0 amide bonds. The van der Waals surface area contributed by atoms with Crippen molar-refractivity contribution in [3.63, 3.8) is 0 Å². The van der Waals surface area contributed by atoms with Crippen LogP contribution in [-0.4, -0.2) is 31.7 Å². The first-order valence-corrected chi connectivity index (χ1v) is 11.8. The second-order valence-electron chi connectivity index (χ2n) is 8.47. The van der Waals surface area contributed by atoms with Crippen LogP contribution < -0.4 is 0 Å². The summed E-state index contributed by atoms with van der Waals surface area (Å²) in [6, 6.07) is 10.7. The highest BCUT2D eigenvalue weighted by molar-refractivity contribution is 7.21. The third kappa shape index (κ3) is 3.63. The van der Waals surface area contributed by atoms with Crippen LogP contribution in [0.15, 0.2) is 97.3 Å². The number of benzene rings is 1. The fourth-order valence-corrected chi connectivity index (χ4v) is 5.43. The first kappa shape index (κ1) is 21.8. The smallest absolute Gasteiger partial charge is 0.195 e. The predicted molar refractivity (Wildman–Crippen MR) is 143 cm³/mol. The largest absolute Gasteiger partial charge is 0.344 e. The monoisotopic (exact) mass is 468 g/mol. The number of nitrogens with zero attached hydrogens (tertiary/aromatic N) is 4. The molecule has 5 rings (SSSR count). The lowest BCUT2D eigenvalue weighted by atomic mass is 10.0. The molecule has 0 N–H and O–H groups in total. The Hall–Kier alpha value is -3.99. The summed E-state index contributed by atoms with van der Waals surface area (Å²) in [4.78, 5) is 15.0. The minimum atomic E-state index is -0.0428. The molecule has 0 bridgehead atoms. The Morgan fingerprint density at radius 2 is 2.00 bits per heavy atom. The van der Waals surface area contributed by atoms with Crippen LogP contribution in [0.5, 0.6) is 0 Å². The quantitative estimate of drug-likeness (QED) is 0.184. The van der Waals surface area contributed by atoms with E-state index in [9.17, 15) is 4.79 Å². The lowest BCUT2D eigenvalue weighted by molar-refractivity contribution is 0.105. The van der Waals surface area contributed by atoms with Crippen LogP contribution in [0.3, 0.4) is 0 Å². The molecular weight excluding hydrogens is 440 g/mol. The Labute approximate surface area is 204 Å². The van der Waals surface area contributed by atoms with Gasteiger partial charge < -0.3 is 9.47 Å². The van der Waals surface area contributed by atoms with E-state index in [1.54, 1.807) is 0 Å². The minimum Gasteiger partial charge on any atom is -0.344 e. The molecule has 0 saturated carbocycles. The Balaban J connectivity index is 0.00000289. The molecule has 4 aromatic rings. The second kappa shape index (κ2) is 8.41. The third-order valence-corrected chi connectivity index (χ3v) is 7.33. The molecule has 1 aromatic carbocycles. The van der Waals surface area contributed by atoms with Crippen molar-refractivity contribution in [3.05, 3.63) is 108 Å². The summed E-state index contributed by atoms with van der Waals surface area (Å²) in [7, 11) is 4.03. The van der Waals surface area contributed by atoms with Gasteiger partial charge in [-0.1, -0.05) is 25.3 Å². The van der Waals surface area contributed by atoms with E-state index < -0.39 is 0 Å². The van der Waals surface area contributed by atoms with Gasteiger partial charge in [-0.05, 0) is 54.5 Å². The second-order valence-corrected chi connectivity index (χ2v) is 9.55. The van der Waals surface area contributed by atoms with Crippen LogP contribution in [0.1, 0.15) is 16.7 Å². The molecule has 1 aliphatic rings. The average Bonchev–Trinajstić information content (AvgIpc) is 3.37. The molecule has 0 fully saturated rings. The van der Waals surface area contributed by atoms with Gasteiger partial charge in [-0.25, -0.2) is 0 Å². The Kier molecular flexibility index (Phi) is 5.40. The minimum absolute atomic E-state index is 0. The van der Waals surface area contributed by atoms with Gasteiger partial charge in [0.2, 0.25) is 0 Å². The van der Waals surface area contributed by atoms with E-state index in [0.717, 1.165) is 32.9 Å². The highest BCUT2D eigenvalue weighted by atomic mass is 32.1. The zero-order valence-electron chi connectivity index (χ0n) is 19.6. The van der Waals surface area contributed by atoms with Crippen LogP contribution >= 0.6 is 11.3 Å². The molecule has 3 aromatic heterocycles. The number of ketones is 1. The van der Waals surface area contributed by atoms with Crippen molar-refractivity contribution in [2.45, 2.75) is 13.5 Å². The zero-order valence-corrected chi connectivity index (χ0v) is 20.4. The Morgan fingerprint density at radius 1 is 1.18 bits per heavy atom. The summed E-state index contributed by atoms with van der Waals surface area (Å²) in [5.74, 6) is -0.0428. The average molecular weight is 469 g/mol. The number of hydrogen-bond acceptors (Lipinski definition) is 3. The predicted octanol–water partition coefficient (Wildman–Crippen LogP) is 6.48. The number of aromatic nitrogens is 3. The van der Waals surface area contributed by atoms with Gasteiger partial charge in [0.15, 0.2) is 5.78 Å². The Bertz CT molecular complexity index is 1570. The van der Waals surface area contributed by atoms with Crippen molar-refractivity contribution in [3.8, 4) is 16.9 Å². The van der Waals surface area contributed by atoms with Crippen molar-refractivity contribution in [2.75, 3.05) is 7.05 Å². The van der Waals surface area contributed by atoms with Crippen LogP contribution in [0.25, 0.3) is 27.2 Å². The first-order valence-electron chi connectivity index (χ1n) is 11.0. The van der Waals surface area contributed by atoms with Crippen molar-refractivity contribution >= 4 is 27.3 Å². The molecule has 34 heavy (non-hydrogen) atoms. The number of aryl methyl sites for hydroxylation is 2. The number of carbonyl (C=O) groups is 1. The maximum absolute atomic E-state index is 12.3. The number of likely N-dealkylation sites (N-methyl/N-ethyl adjacent to an activating group) is 1. The van der Waals surface area contributed by atoms with E-state index in [1.807, 2.05) is 37.3 Å². The molecular formula is C28H28N4OS. The van der Waals surface area contributed by atoms with E-state index in [1.165, 1.54) is 28.5 Å². The highest BCUT2D eigenvalue weighted by Crippen LogP contribution is 2.37. The molecule has 0 aliphatic carbocycles. The first-order chi connectivity index (χ1) is 16.4. The van der Waals surface area contributed by atoms with E-state index in [2.05, 4.69) is 82.5 Å². The fraction of sp³-hybridized carbons (Fsp3) is 0.143. The van der Waals surface area contributed by atoms with Gasteiger partial charge in [0.05, 0.1) is 32.2 Å². The number of hydrogen-bond donors (Lipinski definition) is 0. The van der Waals surface area contributed by atoms with E-state index in [-0.39, 0.29) is 7.21 Å². The topological polar surface area (TPSA) is 35.1 Å². The molecule has 5 nitrogen and oxygen atoms in total. The van der Waals surface area contributed by atoms with Crippen LogP contribution in [0.2, 0.25) is 0 Å². The highest BCUT2D eigenvalue weighted by Gasteiger charge is 2.19. The van der Waals surface area contributed by atoms with E-state index >= 15 is 0 Å². The van der Waals surface area contributed by atoms with Gasteiger partial charge in [-0.3, -0.25) is 14.2 Å². The summed E-state index contributed by atoms with van der Waals surface area (Å²) < 4.78 is 7.56. The van der Waals surface area contributed by atoms with Crippen LogP contribution in [0, 0.1) is 6.92 Å². The number of rotatable bonds is 6. The molecule has 0 spiro atoms. The number of fused-ring (bicyclic) bond motifs is 1. The van der Waals surface area contributed by atoms with Crippen molar-refractivity contribution in [2.24, 2.45) is 7.05 Å². The SMILES string of the molecule is C=C=C1C=CC(Cn2c(-c3ccc(-n4ccn4C)cc3C)cc3sc(C(=O)C=C)cc32)=CN1C.[HH]. The van der Waals surface area contributed by atoms with Crippen molar-refractivity contribution in [1.82, 2.24) is 18.8 Å². The standard InChI is InChI=1S/C28H26N4OS.H2/c1-6-21-9-8-20(17-29(21)4)18-31-24(15-27-25(31)16-28(34-27)26(33)7-2)23-11-10-22(14-19(23)3)32-13-12-30(32)5;/h7-17H,1-2,18H2,3-5H3;1H. The van der Waals surface area contributed by atoms with Gasteiger partial charge in [0.1, 0.15) is 0 Å². The molecule has 0 saturated heterocycles. The maximum Gasteiger partial charge on any atom is 0.195 e. The van der Waals surface area contributed by atoms with E-state index in [4.69, 9.17) is 0 Å². The summed E-state index contributed by atoms with van der Waals surface area (Å²) in [6.07, 6.45) is 11.7. The number of allylic oxidation sites excluding steroid dienone is 4. The molecule has 0 unspecified atom stereocenters. The normalized spacial score (nSPS) is 13.4. The third-order valence-electron chi connectivity index (χ3n) is 6.25. The lowest BCUT2D eigenvalue weighted by Gasteiger charge is -2.21. The summed E-state index contributed by atoms with van der Waals surface area (Å²) in [6.45, 7) is 10.2. The fourth-order valence-electron chi connectivity index (χ4n) is 4.39. The number of thiophene rings is 1. The van der Waals surface area contributed by atoms with Gasteiger partial charge in [-0.2, -0.15) is 0 Å². The molecule has 6 heteroatoms. The molecule has 4 heterocycles. The zero-order chi connectivity index (χ0) is 24.0. The summed E-state index contributed by atoms with van der Waals surface area (Å²) in [5, 5.41) is 0. The van der Waals surface area contributed by atoms with Crippen molar-refractivity contribution in [1.29, 1.82) is 0 Å². The van der Waals surface area contributed by atoms with Gasteiger partial charge in [0.25, 0.3) is 0 Å². The summed E-state index contributed by atoms with van der Waals surface area (Å²) in [5.41, 5.74) is 10.7. The molecule has 0 radical (unpaired) electrons. The lowest BCUT2D eigenvalue weighted by Crippen LogP contribution is -2.15. The van der Waals surface area contributed by atoms with Gasteiger partial charge in [-0.15, -0.1) is 17.1 Å². The summed E-state index contributed by atoms with van der Waals surface area (Å²) >= 11 is 1.52. The van der Waals surface area contributed by atoms with Crippen molar-refractivity contribution < 1.29 is 6.22 Å². The molecule has 172 valence electrons. The number of carbonyl (C=O) groups excluding carboxylic acids is 1. The van der Waals surface area contributed by atoms with Crippen LogP contribution in [-0.2, 0) is 13.6 Å². The van der Waals surface area contributed by atoms with Crippen LogP contribution in [0.4, 0.5) is 0 Å². The van der Waals surface area contributed by atoms with E-state index in [0.29, 0.717) is 11.4 Å². The maximum atomic E-state index is 12.3. The van der Waals surface area contributed by atoms with Gasteiger partial charge >= 0.3 is 0 Å². The molecule has 0 atom stereocenters.